The molecule has 3 heterocycles. The number of carbonyl (C=O) groups excluding carboxylic acids is 2. The van der Waals surface area contributed by atoms with E-state index in [0.29, 0.717) is 25.3 Å². The van der Waals surface area contributed by atoms with E-state index in [-0.39, 0.29) is 30.2 Å². The molecule has 0 bridgehead atoms. The Labute approximate surface area is 151 Å². The Kier molecular flexibility index (Phi) is 4.46. The molecule has 26 heavy (non-hydrogen) atoms. The normalized spacial score (nSPS) is 31.3. The van der Waals surface area contributed by atoms with Gasteiger partial charge in [-0.1, -0.05) is 12.8 Å². The summed E-state index contributed by atoms with van der Waals surface area (Å²) < 4.78 is 5.29. The lowest BCUT2D eigenvalue weighted by Gasteiger charge is -2.34. The average Bonchev–Trinajstić information content (AvgIpc) is 3.34. The number of carboxylic acid groups (broad SMARTS) is 1. The van der Waals surface area contributed by atoms with Crippen LogP contribution in [0.15, 0.2) is 22.8 Å². The Morgan fingerprint density at radius 2 is 2.08 bits per heavy atom. The number of hydrogen-bond acceptors (Lipinski definition) is 4. The number of fused-ring (bicyclic) bond motifs is 1. The second kappa shape index (κ2) is 6.78. The van der Waals surface area contributed by atoms with Crippen LogP contribution in [0.3, 0.4) is 0 Å². The molecule has 2 aliphatic heterocycles. The molecule has 0 unspecified atom stereocenters. The van der Waals surface area contributed by atoms with E-state index in [1.165, 1.54) is 0 Å². The molecule has 0 spiro atoms. The number of carbonyl (C=O) groups is 3. The predicted octanol–water partition coefficient (Wildman–Crippen LogP) is 1.87. The van der Waals surface area contributed by atoms with Crippen molar-refractivity contribution < 1.29 is 23.9 Å². The van der Waals surface area contributed by atoms with Crippen LogP contribution in [0, 0.1) is 11.8 Å². The van der Waals surface area contributed by atoms with E-state index in [2.05, 4.69) is 0 Å². The van der Waals surface area contributed by atoms with Gasteiger partial charge in [0.1, 0.15) is 11.8 Å². The van der Waals surface area contributed by atoms with Crippen LogP contribution in [0.4, 0.5) is 0 Å². The summed E-state index contributed by atoms with van der Waals surface area (Å²) >= 11 is 0. The van der Waals surface area contributed by atoms with Gasteiger partial charge in [0, 0.05) is 19.0 Å². The van der Waals surface area contributed by atoms with Gasteiger partial charge in [-0.25, -0.2) is 4.79 Å². The van der Waals surface area contributed by atoms with Gasteiger partial charge in [-0.05, 0) is 37.3 Å². The fraction of sp³-hybridized carbons (Fsp3) is 0.632. The van der Waals surface area contributed by atoms with Crippen molar-refractivity contribution in [2.75, 3.05) is 6.54 Å². The van der Waals surface area contributed by atoms with Gasteiger partial charge in [-0.2, -0.15) is 0 Å². The number of hydrogen-bond donors (Lipinski definition) is 1. The zero-order valence-corrected chi connectivity index (χ0v) is 14.7. The fourth-order valence-electron chi connectivity index (χ4n) is 4.89. The second-order valence-electron chi connectivity index (χ2n) is 7.70. The van der Waals surface area contributed by atoms with E-state index < -0.39 is 17.9 Å². The minimum absolute atomic E-state index is 0.0200. The molecule has 4 atom stereocenters. The summed E-state index contributed by atoms with van der Waals surface area (Å²) in [6.07, 6.45) is 6.26. The Bertz CT molecular complexity index is 701. The van der Waals surface area contributed by atoms with Gasteiger partial charge in [-0.3, -0.25) is 9.59 Å². The first-order chi connectivity index (χ1) is 12.5. The van der Waals surface area contributed by atoms with Gasteiger partial charge in [0.25, 0.3) is 0 Å². The van der Waals surface area contributed by atoms with Crippen molar-refractivity contribution in [3.63, 3.8) is 0 Å². The Morgan fingerprint density at radius 1 is 1.27 bits per heavy atom. The van der Waals surface area contributed by atoms with Gasteiger partial charge < -0.3 is 19.3 Å². The fourth-order valence-corrected chi connectivity index (χ4v) is 4.89. The molecular formula is C19H24N2O5. The summed E-state index contributed by atoms with van der Waals surface area (Å²) in [5.41, 5.74) is 0. The van der Waals surface area contributed by atoms with Gasteiger partial charge in [0.05, 0.1) is 18.7 Å². The van der Waals surface area contributed by atoms with Crippen LogP contribution in [-0.4, -0.2) is 51.3 Å². The molecule has 1 aromatic heterocycles. The van der Waals surface area contributed by atoms with Crippen LogP contribution in [0.5, 0.6) is 0 Å². The molecule has 3 fully saturated rings. The van der Waals surface area contributed by atoms with Gasteiger partial charge in [0.2, 0.25) is 11.8 Å². The molecule has 2 amide bonds. The minimum atomic E-state index is -0.926. The van der Waals surface area contributed by atoms with Crippen molar-refractivity contribution >= 4 is 17.8 Å². The maximum atomic E-state index is 13.2. The molecule has 2 saturated heterocycles. The number of likely N-dealkylation sites (tertiary alicyclic amines) is 2. The van der Waals surface area contributed by atoms with E-state index >= 15 is 0 Å². The SMILES string of the molecule is O=C(O)[C@@H]1C[C@@H]2CCCC[C@H]2N1C(=O)[C@H]1CC(=O)N(Cc2ccco2)C1. The first-order valence-corrected chi connectivity index (χ1v) is 9.39. The Morgan fingerprint density at radius 3 is 2.81 bits per heavy atom. The average molecular weight is 360 g/mol. The molecule has 7 nitrogen and oxygen atoms in total. The highest BCUT2D eigenvalue weighted by Crippen LogP contribution is 2.41. The Hall–Kier alpha value is -2.31. The number of aliphatic carboxylic acids is 1. The van der Waals surface area contributed by atoms with Crippen molar-refractivity contribution in [3.05, 3.63) is 24.2 Å². The first-order valence-electron chi connectivity index (χ1n) is 9.39. The Balaban J connectivity index is 1.49. The highest BCUT2D eigenvalue weighted by Gasteiger charge is 2.50. The van der Waals surface area contributed by atoms with E-state index in [9.17, 15) is 19.5 Å². The third kappa shape index (κ3) is 2.99. The predicted molar refractivity (Wildman–Crippen MR) is 90.9 cm³/mol. The van der Waals surface area contributed by atoms with Crippen molar-refractivity contribution in [1.82, 2.24) is 9.80 Å². The zero-order chi connectivity index (χ0) is 18.3. The molecule has 3 aliphatic rings. The molecule has 1 aliphatic carbocycles. The first kappa shape index (κ1) is 17.1. The minimum Gasteiger partial charge on any atom is -0.480 e. The molecule has 1 N–H and O–H groups in total. The zero-order valence-electron chi connectivity index (χ0n) is 14.7. The van der Waals surface area contributed by atoms with Crippen LogP contribution in [0.25, 0.3) is 0 Å². The highest BCUT2D eigenvalue weighted by atomic mass is 16.4. The summed E-state index contributed by atoms with van der Waals surface area (Å²) in [6, 6.07) is 2.84. The van der Waals surface area contributed by atoms with Crippen LogP contribution >= 0.6 is 0 Å². The molecular weight excluding hydrogens is 336 g/mol. The lowest BCUT2D eigenvalue weighted by molar-refractivity contribution is -0.151. The molecule has 7 heteroatoms. The van der Waals surface area contributed by atoms with E-state index in [1.807, 2.05) is 0 Å². The summed E-state index contributed by atoms with van der Waals surface area (Å²) in [6.45, 7) is 0.683. The lowest BCUT2D eigenvalue weighted by atomic mass is 9.84. The number of furan rings is 1. The summed E-state index contributed by atoms with van der Waals surface area (Å²) in [4.78, 5) is 40.5. The monoisotopic (exact) mass is 360 g/mol. The molecule has 4 rings (SSSR count). The molecule has 1 aromatic rings. The van der Waals surface area contributed by atoms with Crippen LogP contribution in [0.2, 0.25) is 0 Å². The number of amides is 2. The van der Waals surface area contributed by atoms with E-state index in [0.717, 1.165) is 25.7 Å². The largest absolute Gasteiger partial charge is 0.480 e. The van der Waals surface area contributed by atoms with Crippen LogP contribution in [-0.2, 0) is 20.9 Å². The van der Waals surface area contributed by atoms with Crippen LogP contribution < -0.4 is 0 Å². The van der Waals surface area contributed by atoms with E-state index in [1.54, 1.807) is 28.2 Å². The number of carboxylic acids is 1. The molecule has 140 valence electrons. The smallest absolute Gasteiger partial charge is 0.326 e. The quantitative estimate of drug-likeness (QED) is 0.885. The van der Waals surface area contributed by atoms with Gasteiger partial charge in [0.15, 0.2) is 0 Å². The van der Waals surface area contributed by atoms with Crippen molar-refractivity contribution in [3.8, 4) is 0 Å². The maximum absolute atomic E-state index is 13.2. The molecule has 1 saturated carbocycles. The number of nitrogens with zero attached hydrogens (tertiary/aromatic N) is 2. The third-order valence-corrected chi connectivity index (χ3v) is 6.12. The molecule has 0 radical (unpaired) electrons. The second-order valence-corrected chi connectivity index (χ2v) is 7.70. The summed E-state index contributed by atoms with van der Waals surface area (Å²) in [5.74, 6) is -0.661. The topological polar surface area (TPSA) is 91.1 Å². The highest BCUT2D eigenvalue weighted by molar-refractivity contribution is 5.92. The van der Waals surface area contributed by atoms with Crippen LogP contribution in [0.1, 0.15) is 44.3 Å². The van der Waals surface area contributed by atoms with Crippen molar-refractivity contribution in [2.24, 2.45) is 11.8 Å². The molecule has 0 aromatic carbocycles. The lowest BCUT2D eigenvalue weighted by Crippen LogP contribution is -2.49. The maximum Gasteiger partial charge on any atom is 0.326 e. The van der Waals surface area contributed by atoms with Gasteiger partial charge >= 0.3 is 5.97 Å². The third-order valence-electron chi connectivity index (χ3n) is 6.12. The summed E-state index contributed by atoms with van der Waals surface area (Å²) in [5, 5.41) is 9.61. The summed E-state index contributed by atoms with van der Waals surface area (Å²) in [7, 11) is 0. The van der Waals surface area contributed by atoms with Gasteiger partial charge in [-0.15, -0.1) is 0 Å². The van der Waals surface area contributed by atoms with Crippen molar-refractivity contribution in [2.45, 2.75) is 57.2 Å². The van der Waals surface area contributed by atoms with E-state index in [4.69, 9.17) is 4.42 Å². The van der Waals surface area contributed by atoms with Crippen molar-refractivity contribution in [1.29, 1.82) is 0 Å². The standard InChI is InChI=1S/C19H24N2O5/c22-17-9-13(10-20(17)11-14-5-3-7-26-14)18(23)21-15-6-2-1-4-12(15)8-16(21)19(24)25/h3,5,7,12-13,15-16H,1-2,4,6,8-11H2,(H,24,25)/t12-,13-,15+,16-/m0/s1. The number of rotatable bonds is 4.